The lowest BCUT2D eigenvalue weighted by atomic mass is 9.83. The number of hydrogen-bond donors (Lipinski definition) is 2. The van der Waals surface area contributed by atoms with Gasteiger partial charge in [-0.05, 0) is 51.5 Å². The molecule has 0 spiro atoms. The molecule has 0 radical (unpaired) electrons. The standard InChI is InChI=1S/C16H23N3/c1-19(2)16(8-5-9-17-12-16)10-13-11-18-15-7-4-3-6-14(13)15/h3-4,6-7,11,17-18H,5,8-10,12H2,1-2H3. The Morgan fingerprint density at radius 3 is 2.84 bits per heavy atom. The van der Waals surface area contributed by atoms with Crippen LogP contribution >= 0.6 is 0 Å². The van der Waals surface area contributed by atoms with E-state index in [-0.39, 0.29) is 5.54 Å². The fourth-order valence-electron chi connectivity index (χ4n) is 3.28. The van der Waals surface area contributed by atoms with Crippen molar-refractivity contribution in [3.8, 4) is 0 Å². The maximum atomic E-state index is 3.57. The number of para-hydroxylation sites is 1. The van der Waals surface area contributed by atoms with Crippen LogP contribution < -0.4 is 5.32 Å². The summed E-state index contributed by atoms with van der Waals surface area (Å²) in [5, 5.41) is 4.94. The molecule has 0 saturated carbocycles. The van der Waals surface area contributed by atoms with Crippen molar-refractivity contribution in [1.29, 1.82) is 0 Å². The molecular weight excluding hydrogens is 234 g/mol. The van der Waals surface area contributed by atoms with Gasteiger partial charge in [-0.1, -0.05) is 18.2 Å². The van der Waals surface area contributed by atoms with Gasteiger partial charge in [0.05, 0.1) is 0 Å². The van der Waals surface area contributed by atoms with Gasteiger partial charge in [-0.15, -0.1) is 0 Å². The molecule has 1 fully saturated rings. The first-order valence-corrected chi connectivity index (χ1v) is 7.14. The van der Waals surface area contributed by atoms with Crippen molar-refractivity contribution in [3.05, 3.63) is 36.0 Å². The Labute approximate surface area is 115 Å². The molecular formula is C16H23N3. The number of hydrogen-bond acceptors (Lipinski definition) is 2. The van der Waals surface area contributed by atoms with Gasteiger partial charge in [-0.2, -0.15) is 0 Å². The summed E-state index contributed by atoms with van der Waals surface area (Å²) in [5.74, 6) is 0. The van der Waals surface area contributed by atoms with Crippen LogP contribution in [0.1, 0.15) is 18.4 Å². The molecule has 2 heterocycles. The van der Waals surface area contributed by atoms with Crippen molar-refractivity contribution in [2.24, 2.45) is 0 Å². The van der Waals surface area contributed by atoms with E-state index in [0.717, 1.165) is 19.5 Å². The topological polar surface area (TPSA) is 31.1 Å². The van der Waals surface area contributed by atoms with Gasteiger partial charge in [0.1, 0.15) is 0 Å². The summed E-state index contributed by atoms with van der Waals surface area (Å²) >= 11 is 0. The third-order valence-corrected chi connectivity index (χ3v) is 4.59. The van der Waals surface area contributed by atoms with E-state index >= 15 is 0 Å². The molecule has 3 heteroatoms. The van der Waals surface area contributed by atoms with Crippen molar-refractivity contribution in [2.75, 3.05) is 27.2 Å². The number of nitrogens with zero attached hydrogens (tertiary/aromatic N) is 1. The predicted octanol–water partition coefficient (Wildman–Crippen LogP) is 2.39. The normalized spacial score (nSPS) is 24.2. The molecule has 0 bridgehead atoms. The Kier molecular flexibility index (Phi) is 3.33. The third kappa shape index (κ3) is 2.28. The summed E-state index contributed by atoms with van der Waals surface area (Å²) in [6.45, 7) is 2.24. The minimum Gasteiger partial charge on any atom is -0.361 e. The minimum absolute atomic E-state index is 0.253. The number of benzene rings is 1. The zero-order chi connectivity index (χ0) is 13.3. The van der Waals surface area contributed by atoms with Crippen molar-refractivity contribution in [1.82, 2.24) is 15.2 Å². The van der Waals surface area contributed by atoms with Crippen LogP contribution in [0, 0.1) is 0 Å². The fourth-order valence-corrected chi connectivity index (χ4v) is 3.28. The number of aromatic amines is 1. The Bertz CT molecular complexity index is 550. The highest BCUT2D eigenvalue weighted by Gasteiger charge is 2.34. The molecule has 1 unspecified atom stereocenters. The molecule has 0 aliphatic carbocycles. The molecule has 1 aromatic heterocycles. The van der Waals surface area contributed by atoms with E-state index in [9.17, 15) is 0 Å². The monoisotopic (exact) mass is 257 g/mol. The number of nitrogens with one attached hydrogen (secondary N) is 2. The zero-order valence-corrected chi connectivity index (χ0v) is 11.9. The predicted molar refractivity (Wildman–Crippen MR) is 80.5 cm³/mol. The molecule has 19 heavy (non-hydrogen) atoms. The highest BCUT2D eigenvalue weighted by Crippen LogP contribution is 2.29. The number of H-pyrrole nitrogens is 1. The molecule has 3 nitrogen and oxygen atoms in total. The Hall–Kier alpha value is -1.32. The average Bonchev–Trinajstić information content (AvgIpc) is 2.83. The SMILES string of the molecule is CN(C)C1(Cc2c[nH]c3ccccc23)CCCNC1. The van der Waals surface area contributed by atoms with E-state index in [1.807, 2.05) is 0 Å². The van der Waals surface area contributed by atoms with E-state index in [2.05, 4.69) is 59.8 Å². The molecule has 0 amide bonds. The lowest BCUT2D eigenvalue weighted by Gasteiger charge is -2.43. The van der Waals surface area contributed by atoms with Crippen LogP contribution in [0.3, 0.4) is 0 Å². The van der Waals surface area contributed by atoms with E-state index in [1.165, 1.54) is 29.3 Å². The number of piperidine rings is 1. The van der Waals surface area contributed by atoms with E-state index in [4.69, 9.17) is 0 Å². The smallest absolute Gasteiger partial charge is 0.0456 e. The highest BCUT2D eigenvalue weighted by atomic mass is 15.2. The molecule has 1 aromatic carbocycles. The van der Waals surface area contributed by atoms with Crippen molar-refractivity contribution in [2.45, 2.75) is 24.8 Å². The summed E-state index contributed by atoms with van der Waals surface area (Å²) in [5.41, 5.74) is 2.94. The molecule has 1 atom stereocenters. The minimum atomic E-state index is 0.253. The van der Waals surface area contributed by atoms with Crippen molar-refractivity contribution in [3.63, 3.8) is 0 Å². The second kappa shape index (κ2) is 4.99. The van der Waals surface area contributed by atoms with E-state index in [1.54, 1.807) is 0 Å². The lowest BCUT2D eigenvalue weighted by molar-refractivity contribution is 0.114. The maximum Gasteiger partial charge on any atom is 0.0456 e. The lowest BCUT2D eigenvalue weighted by Crippen LogP contribution is -2.56. The third-order valence-electron chi connectivity index (χ3n) is 4.59. The Morgan fingerprint density at radius 1 is 1.26 bits per heavy atom. The van der Waals surface area contributed by atoms with Gasteiger partial charge < -0.3 is 15.2 Å². The molecule has 1 aliphatic heterocycles. The summed E-state index contributed by atoms with van der Waals surface area (Å²) in [6, 6.07) is 8.59. The molecule has 3 rings (SSSR count). The van der Waals surface area contributed by atoms with Crippen LogP contribution in [-0.2, 0) is 6.42 Å². The van der Waals surface area contributed by atoms with Gasteiger partial charge in [0, 0.05) is 29.2 Å². The van der Waals surface area contributed by atoms with Gasteiger partial charge in [0.25, 0.3) is 0 Å². The van der Waals surface area contributed by atoms with Crippen LogP contribution in [0.4, 0.5) is 0 Å². The number of aromatic nitrogens is 1. The van der Waals surface area contributed by atoms with Crippen LogP contribution in [-0.4, -0.2) is 42.6 Å². The molecule has 2 N–H and O–H groups in total. The van der Waals surface area contributed by atoms with Gasteiger partial charge >= 0.3 is 0 Å². The van der Waals surface area contributed by atoms with Crippen LogP contribution in [0.25, 0.3) is 10.9 Å². The Balaban J connectivity index is 1.93. The maximum absolute atomic E-state index is 3.57. The highest BCUT2D eigenvalue weighted by molar-refractivity contribution is 5.83. The quantitative estimate of drug-likeness (QED) is 0.884. The van der Waals surface area contributed by atoms with Gasteiger partial charge in [0.15, 0.2) is 0 Å². The molecule has 102 valence electrons. The van der Waals surface area contributed by atoms with E-state index in [0.29, 0.717) is 0 Å². The summed E-state index contributed by atoms with van der Waals surface area (Å²) in [4.78, 5) is 5.80. The molecule has 2 aromatic rings. The van der Waals surface area contributed by atoms with Gasteiger partial charge in [-0.3, -0.25) is 0 Å². The number of rotatable bonds is 3. The largest absolute Gasteiger partial charge is 0.361 e. The first-order chi connectivity index (χ1) is 9.21. The average molecular weight is 257 g/mol. The van der Waals surface area contributed by atoms with Gasteiger partial charge in [-0.25, -0.2) is 0 Å². The van der Waals surface area contributed by atoms with E-state index < -0.39 is 0 Å². The van der Waals surface area contributed by atoms with Crippen molar-refractivity contribution >= 4 is 10.9 Å². The van der Waals surface area contributed by atoms with Crippen LogP contribution in [0.2, 0.25) is 0 Å². The van der Waals surface area contributed by atoms with Crippen LogP contribution in [0.5, 0.6) is 0 Å². The first-order valence-electron chi connectivity index (χ1n) is 7.14. The van der Waals surface area contributed by atoms with Crippen LogP contribution in [0.15, 0.2) is 30.5 Å². The fraction of sp³-hybridized carbons (Fsp3) is 0.500. The second-order valence-corrected chi connectivity index (χ2v) is 5.94. The first kappa shape index (κ1) is 12.7. The van der Waals surface area contributed by atoms with Crippen molar-refractivity contribution < 1.29 is 0 Å². The summed E-state index contributed by atoms with van der Waals surface area (Å²) < 4.78 is 0. The zero-order valence-electron chi connectivity index (χ0n) is 11.9. The number of likely N-dealkylation sites (N-methyl/N-ethyl adjacent to an activating group) is 1. The Morgan fingerprint density at radius 2 is 2.11 bits per heavy atom. The summed E-state index contributed by atoms with van der Waals surface area (Å²) in [7, 11) is 4.42. The summed E-state index contributed by atoms with van der Waals surface area (Å²) in [6.07, 6.45) is 5.83. The second-order valence-electron chi connectivity index (χ2n) is 5.94. The number of fused-ring (bicyclic) bond motifs is 1. The molecule has 1 aliphatic rings. The molecule has 1 saturated heterocycles. The van der Waals surface area contributed by atoms with Gasteiger partial charge in [0.2, 0.25) is 0 Å².